The zero-order valence-corrected chi connectivity index (χ0v) is 15.5. The molecule has 0 unspecified atom stereocenters. The molecule has 2 aliphatic rings. The van der Waals surface area contributed by atoms with E-state index in [1.165, 1.54) is 42.4 Å². The van der Waals surface area contributed by atoms with Gasteiger partial charge in [-0.1, -0.05) is 25.0 Å². The summed E-state index contributed by atoms with van der Waals surface area (Å²) in [5.41, 5.74) is 4.77. The number of hydrogen-bond acceptors (Lipinski definition) is 3. The van der Waals surface area contributed by atoms with Gasteiger partial charge in [-0.25, -0.2) is 0 Å². The van der Waals surface area contributed by atoms with Gasteiger partial charge in [0.15, 0.2) is 6.29 Å². The Hall–Kier alpha value is -2.29. The van der Waals surface area contributed by atoms with Crippen molar-refractivity contribution in [1.82, 2.24) is 0 Å². The second kappa shape index (κ2) is 7.14. The number of carbonyl (C=O) groups excluding carboxylic acids is 1. The molecule has 2 aromatic rings. The van der Waals surface area contributed by atoms with Crippen LogP contribution in [0.15, 0.2) is 36.4 Å². The Labute approximate surface area is 155 Å². The molecule has 1 saturated carbocycles. The van der Waals surface area contributed by atoms with Crippen LogP contribution in [0.2, 0.25) is 0 Å². The summed E-state index contributed by atoms with van der Waals surface area (Å²) in [5.74, 6) is 3.35. The van der Waals surface area contributed by atoms with E-state index in [0.717, 1.165) is 18.5 Å². The lowest BCUT2D eigenvalue weighted by molar-refractivity contribution is 0.112. The van der Waals surface area contributed by atoms with Crippen LogP contribution in [0.1, 0.15) is 64.6 Å². The molecule has 0 radical (unpaired) electrons. The summed E-state index contributed by atoms with van der Waals surface area (Å²) in [5, 5.41) is 0. The van der Waals surface area contributed by atoms with E-state index in [1.54, 1.807) is 14.2 Å². The smallest absolute Gasteiger partial charge is 0.153 e. The molecule has 0 heterocycles. The Balaban J connectivity index is 1.77. The first-order chi connectivity index (χ1) is 12.7. The number of benzene rings is 2. The predicted octanol–water partition coefficient (Wildman–Crippen LogP) is 5.13. The molecule has 2 aliphatic carbocycles. The second-order valence-electron chi connectivity index (χ2n) is 7.55. The van der Waals surface area contributed by atoms with Gasteiger partial charge in [-0.3, -0.25) is 4.79 Å². The van der Waals surface area contributed by atoms with Crippen molar-refractivity contribution in [3.63, 3.8) is 0 Å². The number of aldehydes is 1. The van der Waals surface area contributed by atoms with E-state index in [-0.39, 0.29) is 0 Å². The lowest BCUT2D eigenvalue weighted by atomic mass is 9.61. The molecule has 0 bridgehead atoms. The minimum atomic E-state index is 0.506. The molecule has 1 fully saturated rings. The van der Waals surface area contributed by atoms with Crippen molar-refractivity contribution < 1.29 is 14.3 Å². The fourth-order valence-electron chi connectivity index (χ4n) is 5.08. The van der Waals surface area contributed by atoms with Gasteiger partial charge in [0.2, 0.25) is 0 Å². The minimum absolute atomic E-state index is 0.506. The molecule has 0 aromatic heterocycles. The summed E-state index contributed by atoms with van der Waals surface area (Å²) < 4.78 is 10.8. The molecule has 4 rings (SSSR count). The summed E-state index contributed by atoms with van der Waals surface area (Å²) in [6.07, 6.45) is 7.01. The zero-order chi connectivity index (χ0) is 18.1. The Bertz CT molecular complexity index is 794. The van der Waals surface area contributed by atoms with Crippen LogP contribution in [-0.4, -0.2) is 20.5 Å². The molecular weight excluding hydrogens is 324 g/mol. The molecule has 0 N–H and O–H groups in total. The average Bonchev–Trinajstić information content (AvgIpc) is 2.72. The Morgan fingerprint density at radius 3 is 2.42 bits per heavy atom. The maximum atomic E-state index is 11.5. The van der Waals surface area contributed by atoms with E-state index in [0.29, 0.717) is 29.1 Å². The number of ether oxygens (including phenoxy) is 2. The maximum Gasteiger partial charge on any atom is 0.153 e. The molecule has 0 spiro atoms. The SMILES string of the molecule is COc1ccc([C@@H]2Cc3cc(C=O)c(OC)cc3[C@@H]3CCCC[C@H]23)cc1. The summed E-state index contributed by atoms with van der Waals surface area (Å²) >= 11 is 0. The van der Waals surface area contributed by atoms with Gasteiger partial charge in [0.05, 0.1) is 19.8 Å². The summed E-state index contributed by atoms with van der Waals surface area (Å²) in [6, 6.07) is 12.7. The standard InChI is InChI=1S/C23H26O3/c1-25-18-9-7-15(8-10-18)21-12-16-11-17(14-24)23(26-2)13-22(16)20-6-4-3-5-19(20)21/h7-11,13-14,19-21H,3-6,12H2,1-2H3/t19-,20+,21-/m0/s1. The highest BCUT2D eigenvalue weighted by Gasteiger charge is 2.39. The fourth-order valence-corrected chi connectivity index (χ4v) is 5.08. The van der Waals surface area contributed by atoms with Gasteiger partial charge in [-0.2, -0.15) is 0 Å². The van der Waals surface area contributed by atoms with Crippen molar-refractivity contribution in [1.29, 1.82) is 0 Å². The molecule has 3 atom stereocenters. The van der Waals surface area contributed by atoms with Gasteiger partial charge in [0.25, 0.3) is 0 Å². The van der Waals surface area contributed by atoms with Gasteiger partial charge < -0.3 is 9.47 Å². The molecule has 0 amide bonds. The van der Waals surface area contributed by atoms with Crippen LogP contribution in [0.4, 0.5) is 0 Å². The van der Waals surface area contributed by atoms with Gasteiger partial charge >= 0.3 is 0 Å². The second-order valence-corrected chi connectivity index (χ2v) is 7.55. The Morgan fingerprint density at radius 2 is 1.73 bits per heavy atom. The van der Waals surface area contributed by atoms with Crippen LogP contribution >= 0.6 is 0 Å². The van der Waals surface area contributed by atoms with E-state index in [4.69, 9.17) is 9.47 Å². The lowest BCUT2D eigenvalue weighted by Gasteiger charge is -2.43. The quantitative estimate of drug-likeness (QED) is 0.717. The summed E-state index contributed by atoms with van der Waals surface area (Å²) in [4.78, 5) is 11.5. The van der Waals surface area contributed by atoms with Gasteiger partial charge in [0, 0.05) is 0 Å². The molecular formula is C23H26O3. The number of hydrogen-bond donors (Lipinski definition) is 0. The van der Waals surface area contributed by atoms with Crippen LogP contribution in [0.3, 0.4) is 0 Å². The van der Waals surface area contributed by atoms with Crippen molar-refractivity contribution in [2.75, 3.05) is 14.2 Å². The topological polar surface area (TPSA) is 35.5 Å². The number of methoxy groups -OCH3 is 2. The monoisotopic (exact) mass is 350 g/mol. The van der Waals surface area contributed by atoms with E-state index >= 15 is 0 Å². The molecule has 0 saturated heterocycles. The van der Waals surface area contributed by atoms with E-state index in [2.05, 4.69) is 36.4 Å². The van der Waals surface area contributed by atoms with Crippen molar-refractivity contribution in [2.45, 2.75) is 43.9 Å². The largest absolute Gasteiger partial charge is 0.497 e. The average molecular weight is 350 g/mol. The third-order valence-electron chi connectivity index (χ3n) is 6.34. The number of carbonyl (C=O) groups is 1. The van der Waals surface area contributed by atoms with Crippen LogP contribution in [0.5, 0.6) is 11.5 Å². The first-order valence-electron chi connectivity index (χ1n) is 9.55. The third kappa shape index (κ3) is 2.90. The van der Waals surface area contributed by atoms with Crippen molar-refractivity contribution in [2.24, 2.45) is 5.92 Å². The molecule has 3 heteroatoms. The zero-order valence-electron chi connectivity index (χ0n) is 15.5. The highest BCUT2D eigenvalue weighted by molar-refractivity contribution is 5.80. The van der Waals surface area contributed by atoms with Crippen LogP contribution < -0.4 is 9.47 Å². The first kappa shape index (κ1) is 17.1. The minimum Gasteiger partial charge on any atom is -0.497 e. The number of rotatable bonds is 4. The lowest BCUT2D eigenvalue weighted by Crippen LogP contribution is -2.31. The van der Waals surface area contributed by atoms with Gasteiger partial charge in [-0.15, -0.1) is 0 Å². The highest BCUT2D eigenvalue weighted by Crippen LogP contribution is 2.52. The Morgan fingerprint density at radius 1 is 0.962 bits per heavy atom. The maximum absolute atomic E-state index is 11.5. The highest BCUT2D eigenvalue weighted by atomic mass is 16.5. The number of fused-ring (bicyclic) bond motifs is 3. The first-order valence-corrected chi connectivity index (χ1v) is 9.55. The van der Waals surface area contributed by atoms with Crippen molar-refractivity contribution in [3.05, 3.63) is 58.7 Å². The van der Waals surface area contributed by atoms with Gasteiger partial charge in [0.1, 0.15) is 11.5 Å². The molecule has 136 valence electrons. The fraction of sp³-hybridized carbons (Fsp3) is 0.435. The molecule has 2 aromatic carbocycles. The molecule has 26 heavy (non-hydrogen) atoms. The van der Waals surface area contributed by atoms with E-state index in [1.807, 2.05) is 0 Å². The van der Waals surface area contributed by atoms with Crippen LogP contribution in [0.25, 0.3) is 0 Å². The Kier molecular flexibility index (Phi) is 4.71. The van der Waals surface area contributed by atoms with E-state index in [9.17, 15) is 4.79 Å². The normalized spacial score (nSPS) is 24.3. The van der Waals surface area contributed by atoms with E-state index < -0.39 is 0 Å². The van der Waals surface area contributed by atoms with Crippen LogP contribution in [-0.2, 0) is 6.42 Å². The van der Waals surface area contributed by atoms with Crippen molar-refractivity contribution >= 4 is 6.29 Å². The van der Waals surface area contributed by atoms with Crippen molar-refractivity contribution in [3.8, 4) is 11.5 Å². The summed E-state index contributed by atoms with van der Waals surface area (Å²) in [6.45, 7) is 0. The molecule has 0 aliphatic heterocycles. The molecule has 3 nitrogen and oxygen atoms in total. The third-order valence-corrected chi connectivity index (χ3v) is 6.34. The van der Waals surface area contributed by atoms with Crippen LogP contribution in [0, 0.1) is 5.92 Å². The predicted molar refractivity (Wildman–Crippen MR) is 103 cm³/mol. The van der Waals surface area contributed by atoms with Gasteiger partial charge in [-0.05, 0) is 78.0 Å². The summed E-state index contributed by atoms with van der Waals surface area (Å²) in [7, 11) is 3.35.